The van der Waals surface area contributed by atoms with E-state index in [1.165, 1.54) is 23.5 Å². The SMILES string of the molecule is CC1CN(C#N)C2[C@@H]1N2C(=O)c1ncc(-c2ccccc2Oc2ccc(F)cc2)s1. The molecule has 2 fully saturated rings. The summed E-state index contributed by atoms with van der Waals surface area (Å²) in [5.41, 5.74) is 0.802. The van der Waals surface area contributed by atoms with Crippen LogP contribution in [0.5, 0.6) is 11.5 Å². The second kappa shape index (κ2) is 7.11. The van der Waals surface area contributed by atoms with Crippen LogP contribution >= 0.6 is 11.3 Å². The number of ether oxygens (including phenoxy) is 1. The molecular formula is C22H17FN4O2S. The Kier molecular flexibility index (Phi) is 4.40. The first-order valence-corrected chi connectivity index (χ1v) is 10.4. The molecule has 2 unspecified atom stereocenters. The summed E-state index contributed by atoms with van der Waals surface area (Å²) in [6, 6.07) is 13.3. The van der Waals surface area contributed by atoms with Crippen molar-refractivity contribution in [1.82, 2.24) is 14.8 Å². The molecule has 8 heteroatoms. The van der Waals surface area contributed by atoms with E-state index in [2.05, 4.69) is 18.1 Å². The summed E-state index contributed by atoms with van der Waals surface area (Å²) in [5.74, 6) is 0.907. The first-order chi connectivity index (χ1) is 14.6. The maximum atomic E-state index is 13.2. The van der Waals surface area contributed by atoms with Gasteiger partial charge in [0.2, 0.25) is 0 Å². The van der Waals surface area contributed by atoms with Crippen molar-refractivity contribution in [2.45, 2.75) is 19.1 Å². The summed E-state index contributed by atoms with van der Waals surface area (Å²) in [5, 5.41) is 9.65. The molecule has 5 rings (SSSR count). The molecule has 2 aromatic carbocycles. The lowest BCUT2D eigenvalue weighted by Gasteiger charge is -2.16. The molecule has 2 aliphatic heterocycles. The van der Waals surface area contributed by atoms with Gasteiger partial charge in [0.25, 0.3) is 5.91 Å². The van der Waals surface area contributed by atoms with Crippen LogP contribution in [0.2, 0.25) is 0 Å². The Bertz CT molecular complexity index is 1160. The topological polar surface area (TPSA) is 69.2 Å². The number of likely N-dealkylation sites (tertiary alicyclic amines) is 1. The number of fused-ring (bicyclic) bond motifs is 1. The fraction of sp³-hybridized carbons (Fsp3) is 0.227. The number of benzene rings is 2. The third-order valence-corrected chi connectivity index (χ3v) is 6.47. The lowest BCUT2D eigenvalue weighted by molar-refractivity contribution is 0.0816. The van der Waals surface area contributed by atoms with E-state index in [-0.39, 0.29) is 29.8 Å². The molecule has 2 aliphatic rings. The van der Waals surface area contributed by atoms with Gasteiger partial charge in [0.15, 0.2) is 11.2 Å². The van der Waals surface area contributed by atoms with Gasteiger partial charge in [0.1, 0.15) is 23.5 Å². The van der Waals surface area contributed by atoms with Crippen LogP contribution in [0.15, 0.2) is 54.7 Å². The van der Waals surface area contributed by atoms with E-state index >= 15 is 0 Å². The Morgan fingerprint density at radius 3 is 2.80 bits per heavy atom. The van der Waals surface area contributed by atoms with E-state index in [1.54, 1.807) is 28.1 Å². The molecule has 1 amide bonds. The standard InChI is InChI=1S/C22H17FN4O2S/c1-13-11-26(12-24)21-19(13)27(21)22(28)20-25-10-18(30-20)16-4-2-3-5-17(16)29-15-8-6-14(23)7-9-15/h2-10,13,19,21H,11H2,1H3/t13?,19-,21?,27?/m1/s1. The zero-order valence-corrected chi connectivity index (χ0v) is 16.8. The maximum Gasteiger partial charge on any atom is 0.284 e. The number of nitrogens with zero attached hydrogens (tertiary/aromatic N) is 4. The van der Waals surface area contributed by atoms with E-state index in [9.17, 15) is 14.4 Å². The van der Waals surface area contributed by atoms with Crippen molar-refractivity contribution in [3.05, 3.63) is 65.6 Å². The van der Waals surface area contributed by atoms with Gasteiger partial charge in [-0.3, -0.25) is 9.69 Å². The summed E-state index contributed by atoms with van der Waals surface area (Å²) in [6.45, 7) is 2.74. The number of carbonyl (C=O) groups excluding carboxylic acids is 1. The zero-order chi connectivity index (χ0) is 20.8. The minimum atomic E-state index is -0.328. The van der Waals surface area contributed by atoms with E-state index in [1.807, 2.05) is 24.3 Å². The summed E-state index contributed by atoms with van der Waals surface area (Å²) >= 11 is 1.29. The van der Waals surface area contributed by atoms with Crippen molar-refractivity contribution in [2.75, 3.05) is 6.54 Å². The number of thiazole rings is 1. The van der Waals surface area contributed by atoms with E-state index in [4.69, 9.17) is 4.74 Å². The molecule has 3 heterocycles. The fourth-order valence-electron chi connectivity index (χ4n) is 4.02. The molecule has 0 radical (unpaired) electrons. The van der Waals surface area contributed by atoms with Crippen LogP contribution < -0.4 is 4.74 Å². The monoisotopic (exact) mass is 420 g/mol. The quantitative estimate of drug-likeness (QED) is 0.464. The highest BCUT2D eigenvalue weighted by Gasteiger charge is 2.62. The summed E-state index contributed by atoms with van der Waals surface area (Å²) in [4.78, 5) is 21.5. The highest BCUT2D eigenvalue weighted by molar-refractivity contribution is 7.17. The number of nitriles is 1. The predicted molar refractivity (Wildman–Crippen MR) is 109 cm³/mol. The number of halogens is 1. The van der Waals surface area contributed by atoms with Crippen molar-refractivity contribution >= 4 is 17.2 Å². The van der Waals surface area contributed by atoms with Crippen molar-refractivity contribution in [2.24, 2.45) is 5.92 Å². The lowest BCUT2D eigenvalue weighted by atomic mass is 10.1. The molecule has 2 saturated heterocycles. The highest BCUT2D eigenvalue weighted by Crippen LogP contribution is 2.45. The Labute approximate surface area is 176 Å². The molecule has 6 nitrogen and oxygen atoms in total. The number of amides is 1. The van der Waals surface area contributed by atoms with Crippen LogP contribution in [0.4, 0.5) is 4.39 Å². The Hall–Kier alpha value is -3.44. The largest absolute Gasteiger partial charge is 0.457 e. The molecule has 0 aliphatic carbocycles. The molecule has 0 N–H and O–H groups in total. The van der Waals surface area contributed by atoms with Crippen LogP contribution in [0.3, 0.4) is 0 Å². The predicted octanol–water partition coefficient (Wildman–Crippen LogP) is 4.32. The Morgan fingerprint density at radius 1 is 1.27 bits per heavy atom. The third kappa shape index (κ3) is 3.08. The number of hydrogen-bond acceptors (Lipinski definition) is 6. The summed E-state index contributed by atoms with van der Waals surface area (Å²) in [7, 11) is 0. The van der Waals surface area contributed by atoms with Gasteiger partial charge in [0.05, 0.1) is 10.9 Å². The number of rotatable bonds is 4. The van der Waals surface area contributed by atoms with Crippen molar-refractivity contribution in [1.29, 1.82) is 5.26 Å². The molecular weight excluding hydrogens is 403 g/mol. The molecule has 0 bridgehead atoms. The van der Waals surface area contributed by atoms with Gasteiger partial charge in [-0.1, -0.05) is 19.1 Å². The van der Waals surface area contributed by atoms with Crippen LogP contribution in [-0.4, -0.2) is 39.4 Å². The van der Waals surface area contributed by atoms with E-state index < -0.39 is 0 Å². The zero-order valence-electron chi connectivity index (χ0n) is 16.0. The normalized spacial score (nSPS) is 21.8. The minimum absolute atomic E-state index is 0.0820. The van der Waals surface area contributed by atoms with Crippen LogP contribution in [0.1, 0.15) is 16.7 Å². The molecule has 3 atom stereocenters. The minimum Gasteiger partial charge on any atom is -0.457 e. The fourth-order valence-corrected chi connectivity index (χ4v) is 4.91. The second-order valence-corrected chi connectivity index (χ2v) is 8.46. The second-order valence-electron chi connectivity index (χ2n) is 7.43. The molecule has 0 saturated carbocycles. The molecule has 0 spiro atoms. The number of hydrogen-bond donors (Lipinski definition) is 0. The van der Waals surface area contributed by atoms with E-state index in [0.29, 0.717) is 23.1 Å². The third-order valence-electron chi connectivity index (χ3n) is 5.45. The van der Waals surface area contributed by atoms with Crippen molar-refractivity contribution in [3.63, 3.8) is 0 Å². The van der Waals surface area contributed by atoms with Crippen LogP contribution in [0.25, 0.3) is 10.4 Å². The smallest absolute Gasteiger partial charge is 0.284 e. The molecule has 150 valence electrons. The van der Waals surface area contributed by atoms with Gasteiger partial charge >= 0.3 is 0 Å². The van der Waals surface area contributed by atoms with Crippen molar-refractivity contribution < 1.29 is 13.9 Å². The highest BCUT2D eigenvalue weighted by atomic mass is 32.1. The van der Waals surface area contributed by atoms with E-state index in [0.717, 1.165) is 10.4 Å². The lowest BCUT2D eigenvalue weighted by Crippen LogP contribution is -2.30. The first-order valence-electron chi connectivity index (χ1n) is 9.54. The summed E-state index contributed by atoms with van der Waals surface area (Å²) < 4.78 is 19.1. The number of aromatic nitrogens is 1. The van der Waals surface area contributed by atoms with Gasteiger partial charge in [-0.25, -0.2) is 9.37 Å². The van der Waals surface area contributed by atoms with Gasteiger partial charge < -0.3 is 9.64 Å². The van der Waals surface area contributed by atoms with Gasteiger partial charge in [-0.05, 0) is 42.3 Å². The summed E-state index contributed by atoms with van der Waals surface area (Å²) in [6.07, 6.45) is 3.69. The molecule has 3 aromatic rings. The first kappa shape index (κ1) is 18.6. The molecule has 30 heavy (non-hydrogen) atoms. The van der Waals surface area contributed by atoms with Crippen molar-refractivity contribution in [3.8, 4) is 28.1 Å². The van der Waals surface area contributed by atoms with Gasteiger partial charge in [-0.2, -0.15) is 5.26 Å². The average Bonchev–Trinajstić information content (AvgIpc) is 3.13. The molecule has 1 aromatic heterocycles. The Balaban J connectivity index is 1.38. The van der Waals surface area contributed by atoms with Gasteiger partial charge in [0, 0.05) is 18.3 Å². The van der Waals surface area contributed by atoms with Gasteiger partial charge in [-0.15, -0.1) is 11.3 Å². The number of para-hydroxylation sites is 1. The maximum absolute atomic E-state index is 13.2. The van der Waals surface area contributed by atoms with Crippen LogP contribution in [0, 0.1) is 23.2 Å². The Morgan fingerprint density at radius 2 is 2.03 bits per heavy atom. The van der Waals surface area contributed by atoms with Crippen LogP contribution in [-0.2, 0) is 0 Å². The average molecular weight is 420 g/mol. The number of carbonyl (C=O) groups is 1.